The molecule has 0 unspecified atom stereocenters. The number of alkyl halides is 1. The fraction of sp³-hybridized carbons (Fsp3) is 0.634. The third kappa shape index (κ3) is 16.0. The minimum absolute atomic E-state index is 0.0176. The van der Waals surface area contributed by atoms with Crippen LogP contribution in [0.5, 0.6) is 0 Å². The topological polar surface area (TPSA) is 472 Å². The van der Waals surface area contributed by atoms with Crippen molar-refractivity contribution in [2.75, 3.05) is 11.2 Å². The molecule has 0 radical (unpaired) electrons. The largest absolute Gasteiger partial charge is 0.456 e. The monoisotopic (exact) mass is 1880 g/mol. The number of ether oxygens (including phenoxy) is 6. The van der Waals surface area contributed by atoms with Gasteiger partial charge in [0.25, 0.3) is 0 Å². The van der Waals surface area contributed by atoms with E-state index in [0.717, 1.165) is 6.92 Å². The number of fused-ring (bicyclic) bond motifs is 9. The number of hydrogen-bond donors (Lipinski definition) is 13. The van der Waals surface area contributed by atoms with Crippen LogP contribution in [0.2, 0.25) is 0 Å². The average molecular weight is 1880 g/mol. The molecule has 6 saturated carbocycles. The third-order valence-corrected chi connectivity index (χ3v) is 31.9. The van der Waals surface area contributed by atoms with Crippen LogP contribution in [0.3, 0.4) is 0 Å². The standard InChI is InChI=1S/C32H42O9S2.C30H40O10.C30H40O9.CH3I/c1-8-31(41-17(3)33)21(35)14-19(28(42)43-7)30(6)24(31)26(40-27(38)18-12-10-9-11-13-18)32(39)15-20(34)16(2)22(29(32,4)5)23(36)25(30)37;1-7-29(40-16(3)31)20(34)13-19(33)28(6)23(29)25(39-26(37)17-11-9-8-10-12-17)30(38)14-18(32)15(2)21(27(30,4)5)22(35)24(28)36;1-7-29(39-17(3)31)20(33)13-14-28(6)23(29)25(38-26(36)18-11-9-8-10-12-18)30(37)15-19(32)16(2)21(27(30,4)5)22(34)24(28)35;1-2/h9-13,19-21,23-24,26,34-36,39H,8,14-15H2,1-7H3;8-12,18-20,22-23,25,32-35,38H,7,13-14H2,1-6H3;8-12,19-20,22-23,25,32-34,37H,7,13-15H2,1-6H3;1H3/t19-,20+,21-,23-,24+,26+,30-,31+,32-;18-,19-,20+,22+,23-,25-,28+,29-,30+;19-,20+,22+,23-,25-,28+,29-,30+;/m100./s1. The van der Waals surface area contributed by atoms with E-state index in [1.165, 1.54) is 44.7 Å². The smallest absolute Gasteiger partial charge is 0.338 e. The van der Waals surface area contributed by atoms with Crippen molar-refractivity contribution < 1.29 is 138 Å². The fourth-order valence-corrected chi connectivity index (χ4v) is 24.4. The van der Waals surface area contributed by atoms with E-state index in [4.69, 9.17) is 40.6 Å². The number of halogens is 1. The van der Waals surface area contributed by atoms with Gasteiger partial charge in [0.1, 0.15) is 70.2 Å². The van der Waals surface area contributed by atoms with Crippen LogP contribution in [-0.4, -0.2) is 248 Å². The molecule has 684 valence electrons. The first-order valence-corrected chi connectivity index (χ1v) is 45.9. The molecule has 0 spiro atoms. The highest BCUT2D eigenvalue weighted by Crippen LogP contribution is 2.68. The summed E-state index contributed by atoms with van der Waals surface area (Å²) < 4.78 is 36.6. The number of hydrogen-bond acceptors (Lipinski definition) is 30. The van der Waals surface area contributed by atoms with Crippen molar-refractivity contribution in [2.24, 2.45) is 56.2 Å². The Balaban J connectivity index is 0.000000209. The first-order chi connectivity index (χ1) is 57.5. The van der Waals surface area contributed by atoms with Crippen LogP contribution in [0.1, 0.15) is 220 Å². The van der Waals surface area contributed by atoms with Gasteiger partial charge in [0, 0.05) is 79.4 Å². The Morgan fingerprint density at radius 2 is 0.710 bits per heavy atom. The van der Waals surface area contributed by atoms with Crippen molar-refractivity contribution in [3.8, 4) is 0 Å². The number of thioether (sulfide) groups is 1. The minimum atomic E-state index is -2.16. The third-order valence-electron chi connectivity index (χ3n) is 30.4. The summed E-state index contributed by atoms with van der Waals surface area (Å²) in [5.41, 5.74) is -19.3. The SMILES string of the molecule is CC[C@]1(OC(C)=O)[C@H](O)CC[C@@]2(C)C(=O)[C@H](O)C3=C(C)[C@@H](O)C[C@@](O)([C@@H](OC(=O)c4ccccc4)[C@H]12)C3(C)C.CC[C@]1(OC(C)=O)[C@H](O)C[C@H](C(=S)SC)[C@@]2(C)C(=O)[C@H](O)C3=C(C)[C@@H](O)C[C@@](O)([C@@H](OC(=O)c4ccccc4)[C@H]12)C3(C)C.CC[C@]1(OC(C)=O)[C@H](O)C[C@H](O)[C@@]2(C)C(=O)[C@H](O)C3=C(C)[C@@H](O)C[C@@](O)([C@@H](OC(=O)c4ccccc4)[C@H]12)C3(C)C.CI. The molecule has 13 N–H and O–H groups in total. The molecule has 3 aromatic carbocycles. The van der Waals surface area contributed by atoms with Crippen LogP contribution in [0.25, 0.3) is 0 Å². The molecule has 26 atom stereocenters. The number of benzene rings is 3. The molecule has 6 fully saturated rings. The summed E-state index contributed by atoms with van der Waals surface area (Å²) in [5, 5.41) is 153. The second-order valence-electron chi connectivity index (χ2n) is 37.2. The highest BCUT2D eigenvalue weighted by atomic mass is 127. The lowest BCUT2D eigenvalue weighted by Gasteiger charge is -2.65. The Kier molecular flexibility index (Phi) is 29.9. The van der Waals surface area contributed by atoms with E-state index in [0.29, 0.717) is 15.3 Å². The van der Waals surface area contributed by atoms with E-state index < -0.39 is 222 Å². The summed E-state index contributed by atoms with van der Waals surface area (Å²) >= 11 is 9.11. The van der Waals surface area contributed by atoms with Gasteiger partial charge >= 0.3 is 35.8 Å². The van der Waals surface area contributed by atoms with Crippen molar-refractivity contribution in [1.29, 1.82) is 0 Å². The van der Waals surface area contributed by atoms with Gasteiger partial charge in [0.2, 0.25) is 0 Å². The zero-order chi connectivity index (χ0) is 93.4. The predicted octanol–water partition coefficient (Wildman–Crippen LogP) is 8.39. The quantitative estimate of drug-likeness (QED) is 0.0191. The van der Waals surface area contributed by atoms with Crippen molar-refractivity contribution in [3.05, 3.63) is 141 Å². The molecule has 9 aliphatic rings. The summed E-state index contributed by atoms with van der Waals surface area (Å²) in [4.78, 5) is 124. The van der Waals surface area contributed by atoms with Crippen LogP contribution < -0.4 is 0 Å². The molecule has 0 aliphatic heterocycles. The van der Waals surface area contributed by atoms with Crippen molar-refractivity contribution in [1.82, 2.24) is 0 Å². The van der Waals surface area contributed by atoms with Gasteiger partial charge in [-0.3, -0.25) is 28.8 Å². The maximum atomic E-state index is 14.8. The Bertz CT molecular complexity index is 4690. The molecule has 124 heavy (non-hydrogen) atoms. The molecular weight excluding hydrogens is 1760 g/mol. The average Bonchev–Trinajstić information content (AvgIpc) is 0.686. The number of Topliss-reactive ketones (excluding diaryl/α,β-unsaturated/α-hetero) is 3. The molecular formula is C93H125IO28S2. The lowest BCUT2D eigenvalue weighted by atomic mass is 9.43. The molecule has 28 nitrogen and oxygen atoms in total. The van der Waals surface area contributed by atoms with Crippen LogP contribution >= 0.6 is 46.6 Å². The van der Waals surface area contributed by atoms with Gasteiger partial charge in [-0.2, -0.15) is 0 Å². The van der Waals surface area contributed by atoms with E-state index in [2.05, 4.69) is 22.6 Å². The number of carbonyl (C=O) groups is 9. The summed E-state index contributed by atoms with van der Waals surface area (Å²) in [6.45, 7) is 27.5. The Labute approximate surface area is 747 Å². The van der Waals surface area contributed by atoms with E-state index in [1.54, 1.807) is 182 Å². The van der Waals surface area contributed by atoms with Gasteiger partial charge in [-0.1, -0.05) is 166 Å². The number of carbonyl (C=O) groups excluding carboxylic acids is 9. The molecule has 0 aromatic heterocycles. The number of rotatable bonds is 13. The lowest BCUT2D eigenvalue weighted by molar-refractivity contribution is -0.284. The van der Waals surface area contributed by atoms with Crippen molar-refractivity contribution in [2.45, 2.75) is 302 Å². The molecule has 0 heterocycles. The second kappa shape index (κ2) is 36.7. The van der Waals surface area contributed by atoms with Gasteiger partial charge in [-0.25, -0.2) is 14.4 Å². The highest BCUT2D eigenvalue weighted by Gasteiger charge is 2.79. The number of thiocarbonyl (C=S) groups is 1. The van der Waals surface area contributed by atoms with Gasteiger partial charge < -0.3 is 94.8 Å². The van der Waals surface area contributed by atoms with Gasteiger partial charge in [-0.05, 0) is 147 Å². The highest BCUT2D eigenvalue weighted by molar-refractivity contribution is 14.1. The van der Waals surface area contributed by atoms with Crippen molar-refractivity contribution in [3.63, 3.8) is 0 Å². The van der Waals surface area contributed by atoms with Crippen LogP contribution in [0.15, 0.2) is 124 Å². The Morgan fingerprint density at radius 3 is 1.02 bits per heavy atom. The molecule has 31 heteroatoms. The first-order valence-electron chi connectivity index (χ1n) is 42.1. The van der Waals surface area contributed by atoms with Crippen LogP contribution in [-0.2, 0) is 57.2 Å². The van der Waals surface area contributed by atoms with Crippen LogP contribution in [0, 0.1) is 56.2 Å². The fourth-order valence-electron chi connectivity index (χ4n) is 23.5. The number of aliphatic hydroxyl groups is 13. The molecule has 0 saturated heterocycles. The summed E-state index contributed by atoms with van der Waals surface area (Å²) in [6, 6.07) is 24.2. The summed E-state index contributed by atoms with van der Waals surface area (Å²) in [7, 11) is 0. The Hall–Kier alpha value is -6.64. The molecule has 0 amide bonds. The second-order valence-corrected chi connectivity index (χ2v) is 38.8. The predicted molar refractivity (Wildman–Crippen MR) is 467 cm³/mol. The molecule has 3 aromatic rings. The normalized spacial score (nSPS) is 39.2. The summed E-state index contributed by atoms with van der Waals surface area (Å²) in [5.74, 6) is -11.9. The van der Waals surface area contributed by atoms with E-state index >= 15 is 0 Å². The zero-order valence-corrected chi connectivity index (χ0v) is 78.0. The molecule has 12 rings (SSSR count). The molecule has 9 aliphatic carbocycles. The maximum Gasteiger partial charge on any atom is 0.338 e. The lowest BCUT2D eigenvalue weighted by Crippen LogP contribution is -2.77. The van der Waals surface area contributed by atoms with Crippen molar-refractivity contribution >= 4 is 104 Å². The maximum absolute atomic E-state index is 14.8. The summed E-state index contributed by atoms with van der Waals surface area (Å²) in [6.07, 6.45) is -19.3. The van der Waals surface area contributed by atoms with E-state index in [9.17, 15) is 110 Å². The number of aliphatic hydroxyl groups excluding tert-OH is 10. The van der Waals surface area contributed by atoms with E-state index in [1.807, 2.05) is 4.93 Å². The zero-order valence-electron chi connectivity index (χ0n) is 74.2. The molecule has 6 bridgehead atoms. The number of esters is 6. The number of ketones is 3. The minimum Gasteiger partial charge on any atom is -0.456 e. The van der Waals surface area contributed by atoms with Crippen LogP contribution in [0.4, 0.5) is 0 Å². The Morgan fingerprint density at radius 1 is 0.427 bits per heavy atom. The van der Waals surface area contributed by atoms with Gasteiger partial charge in [-0.15, -0.1) is 11.8 Å². The first kappa shape index (κ1) is 101. The van der Waals surface area contributed by atoms with E-state index in [-0.39, 0.29) is 103 Å². The van der Waals surface area contributed by atoms with Gasteiger partial charge in [0.05, 0.1) is 86.8 Å². The van der Waals surface area contributed by atoms with Gasteiger partial charge in [0.15, 0.2) is 17.3 Å².